The fraction of sp³-hybridized carbons (Fsp3) is 0.211. The third-order valence-corrected chi connectivity index (χ3v) is 3.92. The average Bonchev–Trinajstić information content (AvgIpc) is 2.98. The monoisotopic (exact) mass is 292 g/mol. The maximum absolute atomic E-state index is 12.4. The van der Waals surface area contributed by atoms with Crippen LogP contribution in [0.4, 0.5) is 0 Å². The van der Waals surface area contributed by atoms with Crippen molar-refractivity contribution >= 4 is 16.8 Å². The van der Waals surface area contributed by atoms with Crippen molar-refractivity contribution in [2.24, 2.45) is 0 Å². The molecule has 22 heavy (non-hydrogen) atoms. The minimum Gasteiger partial charge on any atom is -0.360 e. The maximum atomic E-state index is 12.4. The first-order chi connectivity index (χ1) is 10.7. The summed E-state index contributed by atoms with van der Waals surface area (Å²) in [5, 5.41) is 4.05. The Hall–Kier alpha value is -2.55. The first-order valence-electron chi connectivity index (χ1n) is 7.65. The van der Waals surface area contributed by atoms with E-state index in [1.807, 2.05) is 42.5 Å². The molecule has 2 aromatic carbocycles. The number of H-pyrrole nitrogens is 1. The first kappa shape index (κ1) is 14.4. The molecule has 1 aromatic heterocycles. The molecule has 0 spiro atoms. The quantitative estimate of drug-likeness (QED) is 0.735. The van der Waals surface area contributed by atoms with Gasteiger partial charge in [0.25, 0.3) is 5.91 Å². The van der Waals surface area contributed by atoms with Gasteiger partial charge < -0.3 is 10.3 Å². The van der Waals surface area contributed by atoms with E-state index in [2.05, 4.69) is 29.4 Å². The molecule has 0 aliphatic carbocycles. The Kier molecular flexibility index (Phi) is 4.24. The summed E-state index contributed by atoms with van der Waals surface area (Å²) in [5.41, 5.74) is 3.00. The number of carbonyl (C=O) groups is 1. The third kappa shape index (κ3) is 3.19. The van der Waals surface area contributed by atoms with Crippen molar-refractivity contribution in [3.63, 3.8) is 0 Å². The van der Waals surface area contributed by atoms with Crippen molar-refractivity contribution in [1.29, 1.82) is 0 Å². The summed E-state index contributed by atoms with van der Waals surface area (Å²) in [6.07, 6.45) is 3.68. The molecule has 0 aliphatic rings. The fourth-order valence-corrected chi connectivity index (χ4v) is 2.66. The standard InChI is InChI=1S/C19H20N2O/c1-14(11-12-15-7-3-2-4-8-15)21-19(22)17-13-20-18-10-6-5-9-16(17)18/h2-10,13-14,20H,11-12H2,1H3,(H,21,22)/t14-/m0/s1. The van der Waals surface area contributed by atoms with E-state index in [-0.39, 0.29) is 11.9 Å². The van der Waals surface area contributed by atoms with Gasteiger partial charge in [0.15, 0.2) is 0 Å². The number of hydrogen-bond donors (Lipinski definition) is 2. The van der Waals surface area contributed by atoms with Crippen LogP contribution >= 0.6 is 0 Å². The van der Waals surface area contributed by atoms with Crippen LogP contribution in [0.25, 0.3) is 10.9 Å². The number of hydrogen-bond acceptors (Lipinski definition) is 1. The van der Waals surface area contributed by atoms with E-state index in [4.69, 9.17) is 0 Å². The topological polar surface area (TPSA) is 44.9 Å². The number of para-hydroxylation sites is 1. The Morgan fingerprint density at radius 2 is 1.82 bits per heavy atom. The van der Waals surface area contributed by atoms with Crippen LogP contribution in [0.5, 0.6) is 0 Å². The van der Waals surface area contributed by atoms with Crippen LogP contribution in [0.15, 0.2) is 60.8 Å². The van der Waals surface area contributed by atoms with Crippen LogP contribution in [0, 0.1) is 0 Å². The highest BCUT2D eigenvalue weighted by Crippen LogP contribution is 2.17. The number of fused-ring (bicyclic) bond motifs is 1. The number of aryl methyl sites for hydroxylation is 1. The number of nitrogens with one attached hydrogen (secondary N) is 2. The zero-order valence-electron chi connectivity index (χ0n) is 12.7. The second kappa shape index (κ2) is 6.48. The van der Waals surface area contributed by atoms with Crippen molar-refractivity contribution in [3.8, 4) is 0 Å². The number of carbonyl (C=O) groups excluding carboxylic acids is 1. The number of aromatic nitrogens is 1. The molecular formula is C19H20N2O. The lowest BCUT2D eigenvalue weighted by Crippen LogP contribution is -2.32. The minimum absolute atomic E-state index is 0.0157. The van der Waals surface area contributed by atoms with Gasteiger partial charge in [-0.05, 0) is 31.4 Å². The molecule has 112 valence electrons. The van der Waals surface area contributed by atoms with Gasteiger partial charge >= 0.3 is 0 Å². The molecule has 0 fully saturated rings. The second-order valence-corrected chi connectivity index (χ2v) is 5.65. The molecule has 3 rings (SSSR count). The predicted molar refractivity (Wildman–Crippen MR) is 90.0 cm³/mol. The molecule has 1 atom stereocenters. The number of benzene rings is 2. The summed E-state index contributed by atoms with van der Waals surface area (Å²) in [5.74, 6) is -0.0157. The van der Waals surface area contributed by atoms with Gasteiger partial charge in [-0.3, -0.25) is 4.79 Å². The van der Waals surface area contributed by atoms with E-state index in [0.717, 1.165) is 23.7 Å². The summed E-state index contributed by atoms with van der Waals surface area (Å²) in [4.78, 5) is 15.5. The largest absolute Gasteiger partial charge is 0.360 e. The molecule has 2 N–H and O–H groups in total. The molecule has 0 aliphatic heterocycles. The van der Waals surface area contributed by atoms with Gasteiger partial charge in [-0.1, -0.05) is 48.5 Å². The number of amides is 1. The molecule has 3 aromatic rings. The minimum atomic E-state index is -0.0157. The van der Waals surface area contributed by atoms with Crippen LogP contribution in [-0.4, -0.2) is 16.9 Å². The van der Waals surface area contributed by atoms with E-state index in [1.54, 1.807) is 6.20 Å². The van der Waals surface area contributed by atoms with Gasteiger partial charge in [-0.15, -0.1) is 0 Å². The van der Waals surface area contributed by atoms with Crippen molar-refractivity contribution < 1.29 is 4.79 Å². The highest BCUT2D eigenvalue weighted by Gasteiger charge is 2.13. The van der Waals surface area contributed by atoms with Crippen molar-refractivity contribution in [2.75, 3.05) is 0 Å². The second-order valence-electron chi connectivity index (χ2n) is 5.65. The zero-order valence-corrected chi connectivity index (χ0v) is 12.7. The molecule has 1 amide bonds. The van der Waals surface area contributed by atoms with Crippen LogP contribution in [0.1, 0.15) is 29.3 Å². The molecular weight excluding hydrogens is 272 g/mol. The lowest BCUT2D eigenvalue weighted by atomic mass is 10.1. The summed E-state index contributed by atoms with van der Waals surface area (Å²) in [6.45, 7) is 2.05. The van der Waals surface area contributed by atoms with Crippen molar-refractivity contribution in [2.45, 2.75) is 25.8 Å². The Balaban J connectivity index is 1.61. The normalized spacial score (nSPS) is 12.2. The van der Waals surface area contributed by atoms with Gasteiger partial charge in [0.05, 0.1) is 5.56 Å². The SMILES string of the molecule is C[C@@H](CCc1ccccc1)NC(=O)c1c[nH]c2ccccc12. The van der Waals surface area contributed by atoms with Gasteiger partial charge in [-0.25, -0.2) is 0 Å². The molecule has 0 unspecified atom stereocenters. The van der Waals surface area contributed by atoms with E-state index in [9.17, 15) is 4.79 Å². The highest BCUT2D eigenvalue weighted by molar-refractivity contribution is 6.06. The molecule has 0 bridgehead atoms. The highest BCUT2D eigenvalue weighted by atomic mass is 16.1. The summed E-state index contributed by atoms with van der Waals surface area (Å²) in [7, 11) is 0. The van der Waals surface area contributed by atoms with Crippen LogP contribution in [-0.2, 0) is 6.42 Å². The molecule has 3 nitrogen and oxygen atoms in total. The molecule has 1 heterocycles. The summed E-state index contributed by atoms with van der Waals surface area (Å²) >= 11 is 0. The lowest BCUT2D eigenvalue weighted by Gasteiger charge is -2.13. The number of aromatic amines is 1. The van der Waals surface area contributed by atoms with E-state index in [0.29, 0.717) is 5.56 Å². The fourth-order valence-electron chi connectivity index (χ4n) is 2.66. The summed E-state index contributed by atoms with van der Waals surface area (Å²) < 4.78 is 0. The molecule has 0 radical (unpaired) electrons. The van der Waals surface area contributed by atoms with Crippen molar-refractivity contribution in [1.82, 2.24) is 10.3 Å². The molecule has 0 saturated heterocycles. The number of rotatable bonds is 5. The van der Waals surface area contributed by atoms with Gasteiger partial charge in [-0.2, -0.15) is 0 Å². The van der Waals surface area contributed by atoms with Crippen molar-refractivity contribution in [3.05, 3.63) is 71.9 Å². The van der Waals surface area contributed by atoms with Crippen LogP contribution in [0.2, 0.25) is 0 Å². The van der Waals surface area contributed by atoms with Gasteiger partial charge in [0.1, 0.15) is 0 Å². The smallest absolute Gasteiger partial charge is 0.253 e. The Morgan fingerprint density at radius 1 is 1.09 bits per heavy atom. The van der Waals surface area contributed by atoms with Crippen LogP contribution in [0.3, 0.4) is 0 Å². The predicted octanol–water partition coefficient (Wildman–Crippen LogP) is 3.92. The average molecular weight is 292 g/mol. The Morgan fingerprint density at radius 3 is 2.64 bits per heavy atom. The third-order valence-electron chi connectivity index (χ3n) is 3.92. The van der Waals surface area contributed by atoms with E-state index < -0.39 is 0 Å². The first-order valence-corrected chi connectivity index (χ1v) is 7.65. The van der Waals surface area contributed by atoms with Gasteiger partial charge in [0.2, 0.25) is 0 Å². The maximum Gasteiger partial charge on any atom is 0.253 e. The Labute approximate surface area is 130 Å². The zero-order chi connectivity index (χ0) is 15.4. The van der Waals surface area contributed by atoms with Gasteiger partial charge in [0, 0.05) is 23.1 Å². The molecule has 0 saturated carbocycles. The summed E-state index contributed by atoms with van der Waals surface area (Å²) in [6, 6.07) is 18.3. The Bertz CT molecular complexity index is 761. The molecule has 3 heteroatoms. The van der Waals surface area contributed by atoms with Crippen LogP contribution < -0.4 is 5.32 Å². The van der Waals surface area contributed by atoms with E-state index >= 15 is 0 Å². The lowest BCUT2D eigenvalue weighted by molar-refractivity contribution is 0.0940. The van der Waals surface area contributed by atoms with E-state index in [1.165, 1.54) is 5.56 Å².